The van der Waals surface area contributed by atoms with Gasteiger partial charge >= 0.3 is 6.03 Å². The van der Waals surface area contributed by atoms with Gasteiger partial charge in [-0.15, -0.1) is 0 Å². The number of aryl methyl sites for hydroxylation is 2. The minimum Gasteiger partial charge on any atom is -0.493 e. The number of nitrogens with zero attached hydrogens (tertiary/aromatic N) is 3. The van der Waals surface area contributed by atoms with Gasteiger partial charge in [-0.25, -0.2) is 9.78 Å². The molecule has 2 heterocycles. The number of methoxy groups -OCH3 is 1. The van der Waals surface area contributed by atoms with Crippen LogP contribution in [0.15, 0.2) is 41.1 Å². The van der Waals surface area contributed by atoms with E-state index in [0.717, 1.165) is 5.56 Å². The Morgan fingerprint density at radius 3 is 2.71 bits per heavy atom. The van der Waals surface area contributed by atoms with E-state index in [1.807, 2.05) is 39.0 Å². The molecule has 0 aliphatic rings. The van der Waals surface area contributed by atoms with E-state index < -0.39 is 0 Å². The summed E-state index contributed by atoms with van der Waals surface area (Å²) in [4.78, 5) is 20.6. The quantitative estimate of drug-likeness (QED) is 0.487. The Morgan fingerprint density at radius 2 is 2.03 bits per heavy atom. The molecule has 31 heavy (non-hydrogen) atoms. The highest BCUT2D eigenvalue weighted by atomic mass is 16.5. The number of ether oxygens (including phenoxy) is 2. The maximum atomic E-state index is 12.1. The van der Waals surface area contributed by atoms with Crippen LogP contribution in [0.4, 0.5) is 10.5 Å². The summed E-state index contributed by atoms with van der Waals surface area (Å²) >= 11 is 0. The zero-order valence-corrected chi connectivity index (χ0v) is 18.1. The van der Waals surface area contributed by atoms with E-state index >= 15 is 0 Å². The minimum absolute atomic E-state index is 0.228. The first kappa shape index (κ1) is 22.1. The van der Waals surface area contributed by atoms with Crippen LogP contribution in [-0.4, -0.2) is 34.8 Å². The molecule has 3 aromatic rings. The van der Waals surface area contributed by atoms with Crippen LogP contribution in [0.1, 0.15) is 43.5 Å². The summed E-state index contributed by atoms with van der Waals surface area (Å²) in [5.74, 6) is 3.10. The molecular weight excluding hydrogens is 398 g/mol. The number of nitrogens with one attached hydrogen (secondary N) is 2. The van der Waals surface area contributed by atoms with Gasteiger partial charge in [-0.2, -0.15) is 4.98 Å². The first-order valence-corrected chi connectivity index (χ1v) is 10.1. The topological polar surface area (TPSA) is 111 Å². The molecule has 0 aliphatic carbocycles. The molecule has 0 aliphatic heterocycles. The Kier molecular flexibility index (Phi) is 7.42. The molecule has 0 radical (unpaired) electrons. The van der Waals surface area contributed by atoms with Gasteiger partial charge < -0.3 is 24.6 Å². The van der Waals surface area contributed by atoms with Crippen LogP contribution >= 0.6 is 0 Å². The van der Waals surface area contributed by atoms with Crippen molar-refractivity contribution in [3.63, 3.8) is 0 Å². The summed E-state index contributed by atoms with van der Waals surface area (Å²) in [6.45, 7) is 6.47. The fraction of sp³-hybridized carbons (Fsp3) is 0.364. The first-order valence-electron chi connectivity index (χ1n) is 10.1. The molecule has 0 bridgehead atoms. The molecule has 0 unspecified atom stereocenters. The number of aromatic nitrogens is 3. The summed E-state index contributed by atoms with van der Waals surface area (Å²) in [5.41, 5.74) is 1.62. The molecule has 0 saturated heterocycles. The lowest BCUT2D eigenvalue weighted by atomic mass is 10.2. The second-order valence-corrected chi connectivity index (χ2v) is 7.33. The number of amides is 2. The van der Waals surface area contributed by atoms with Crippen molar-refractivity contribution in [3.05, 3.63) is 53.8 Å². The van der Waals surface area contributed by atoms with Gasteiger partial charge in [-0.3, -0.25) is 0 Å². The van der Waals surface area contributed by atoms with Crippen molar-refractivity contribution in [2.24, 2.45) is 0 Å². The van der Waals surface area contributed by atoms with Crippen molar-refractivity contribution in [3.8, 4) is 17.4 Å². The Labute approximate surface area is 181 Å². The van der Waals surface area contributed by atoms with Crippen LogP contribution in [-0.2, 0) is 6.42 Å². The summed E-state index contributed by atoms with van der Waals surface area (Å²) in [5, 5.41) is 9.45. The summed E-state index contributed by atoms with van der Waals surface area (Å²) in [7, 11) is 1.59. The summed E-state index contributed by atoms with van der Waals surface area (Å²) in [6, 6.07) is 8.72. The zero-order valence-electron chi connectivity index (χ0n) is 18.1. The Hall–Kier alpha value is -3.62. The molecule has 0 atom stereocenters. The SMILES string of the molecule is COc1cc(C)ccc1Oc1ccc(NC(=O)NCCCc2nc(C(C)C)no2)cn1. The zero-order chi connectivity index (χ0) is 22.2. The average Bonchev–Trinajstić information content (AvgIpc) is 3.23. The Bertz CT molecular complexity index is 1000. The standard InChI is InChI=1S/C22H27N5O4/c1-14(2)21-26-20(31-27-21)6-5-11-23-22(28)25-16-8-10-19(24-13-16)30-17-9-7-15(3)12-18(17)29-4/h7-10,12-14H,5-6,11H2,1-4H3,(H2,23,25,28). The number of carbonyl (C=O) groups excluding carboxylic acids is 1. The van der Waals surface area contributed by atoms with Crippen molar-refractivity contribution in [1.82, 2.24) is 20.4 Å². The molecule has 0 fully saturated rings. The third-order valence-electron chi connectivity index (χ3n) is 4.38. The van der Waals surface area contributed by atoms with Crippen LogP contribution < -0.4 is 20.1 Å². The lowest BCUT2D eigenvalue weighted by molar-refractivity contribution is 0.251. The van der Waals surface area contributed by atoms with Crippen molar-refractivity contribution < 1.29 is 18.8 Å². The van der Waals surface area contributed by atoms with Gasteiger partial charge in [0, 0.05) is 24.9 Å². The maximum Gasteiger partial charge on any atom is 0.319 e. The molecular formula is C22H27N5O4. The van der Waals surface area contributed by atoms with Gasteiger partial charge in [0.05, 0.1) is 19.0 Å². The lowest BCUT2D eigenvalue weighted by Gasteiger charge is -2.11. The number of hydrogen-bond donors (Lipinski definition) is 2. The van der Waals surface area contributed by atoms with E-state index in [1.54, 1.807) is 19.2 Å². The molecule has 2 amide bonds. The van der Waals surface area contributed by atoms with E-state index in [1.165, 1.54) is 6.20 Å². The molecule has 3 rings (SSSR count). The highest BCUT2D eigenvalue weighted by Gasteiger charge is 2.10. The maximum absolute atomic E-state index is 12.1. The van der Waals surface area contributed by atoms with Crippen LogP contribution in [0.5, 0.6) is 17.4 Å². The second-order valence-electron chi connectivity index (χ2n) is 7.33. The number of carbonyl (C=O) groups is 1. The predicted molar refractivity (Wildman–Crippen MR) is 116 cm³/mol. The van der Waals surface area contributed by atoms with E-state index in [4.69, 9.17) is 14.0 Å². The van der Waals surface area contributed by atoms with Gasteiger partial charge in [0.15, 0.2) is 17.3 Å². The summed E-state index contributed by atoms with van der Waals surface area (Å²) in [6.07, 6.45) is 2.83. The third kappa shape index (κ3) is 6.43. The number of anilines is 1. The van der Waals surface area contributed by atoms with Crippen molar-refractivity contribution in [1.29, 1.82) is 0 Å². The normalized spacial score (nSPS) is 10.7. The molecule has 164 valence electrons. The van der Waals surface area contributed by atoms with Crippen LogP contribution in [0.3, 0.4) is 0 Å². The van der Waals surface area contributed by atoms with Crippen molar-refractivity contribution in [2.75, 3.05) is 19.0 Å². The second kappa shape index (κ2) is 10.4. The average molecular weight is 425 g/mol. The Balaban J connectivity index is 1.43. The van der Waals surface area contributed by atoms with E-state index in [9.17, 15) is 4.79 Å². The molecule has 9 heteroatoms. The number of urea groups is 1. The first-order chi connectivity index (χ1) is 14.9. The molecule has 0 spiro atoms. The van der Waals surface area contributed by atoms with Gasteiger partial charge in [-0.05, 0) is 37.1 Å². The molecule has 2 N–H and O–H groups in total. The van der Waals surface area contributed by atoms with Crippen LogP contribution in [0, 0.1) is 6.92 Å². The Morgan fingerprint density at radius 1 is 1.19 bits per heavy atom. The fourth-order valence-corrected chi connectivity index (χ4v) is 2.71. The van der Waals surface area contributed by atoms with E-state index in [0.29, 0.717) is 54.2 Å². The monoisotopic (exact) mass is 425 g/mol. The number of rotatable bonds is 9. The highest BCUT2D eigenvalue weighted by Crippen LogP contribution is 2.31. The van der Waals surface area contributed by atoms with Gasteiger partial charge in [0.25, 0.3) is 0 Å². The predicted octanol–water partition coefficient (Wildman–Crippen LogP) is 4.45. The lowest BCUT2D eigenvalue weighted by Crippen LogP contribution is -2.29. The van der Waals surface area contributed by atoms with E-state index in [-0.39, 0.29) is 11.9 Å². The number of benzene rings is 1. The molecule has 2 aromatic heterocycles. The van der Waals surface area contributed by atoms with Crippen LogP contribution in [0.2, 0.25) is 0 Å². The molecule has 1 aromatic carbocycles. The third-order valence-corrected chi connectivity index (χ3v) is 4.38. The van der Waals surface area contributed by atoms with Crippen molar-refractivity contribution >= 4 is 11.7 Å². The summed E-state index contributed by atoms with van der Waals surface area (Å²) < 4.78 is 16.3. The van der Waals surface area contributed by atoms with Gasteiger partial charge in [0.1, 0.15) is 0 Å². The van der Waals surface area contributed by atoms with Gasteiger partial charge in [-0.1, -0.05) is 25.1 Å². The fourth-order valence-electron chi connectivity index (χ4n) is 2.71. The molecule has 9 nitrogen and oxygen atoms in total. The van der Waals surface area contributed by atoms with Gasteiger partial charge in [0.2, 0.25) is 11.8 Å². The van der Waals surface area contributed by atoms with Crippen molar-refractivity contribution in [2.45, 2.75) is 39.5 Å². The van der Waals surface area contributed by atoms with E-state index in [2.05, 4.69) is 25.8 Å². The highest BCUT2D eigenvalue weighted by molar-refractivity contribution is 5.88. The van der Waals surface area contributed by atoms with Crippen LogP contribution in [0.25, 0.3) is 0 Å². The molecule has 0 saturated carbocycles. The minimum atomic E-state index is -0.316. The smallest absolute Gasteiger partial charge is 0.319 e. The number of hydrogen-bond acceptors (Lipinski definition) is 7. The largest absolute Gasteiger partial charge is 0.493 e. The number of pyridine rings is 1.